The highest BCUT2D eigenvalue weighted by Gasteiger charge is 2.41. The molecule has 82 valence electrons. The van der Waals surface area contributed by atoms with Gasteiger partial charge in [-0.25, -0.2) is 0 Å². The number of hydrogen-bond donors (Lipinski definition) is 2. The summed E-state index contributed by atoms with van der Waals surface area (Å²) in [7, 11) is 1.78. The van der Waals surface area contributed by atoms with Crippen molar-refractivity contribution in [1.29, 1.82) is 0 Å². The van der Waals surface area contributed by atoms with Gasteiger partial charge in [0.05, 0.1) is 6.42 Å². The molecule has 15 heavy (non-hydrogen) atoms. The minimum absolute atomic E-state index is 0.264. The Labute approximate surface area is 92.1 Å². The van der Waals surface area contributed by atoms with E-state index >= 15 is 0 Å². The molecule has 0 saturated heterocycles. The van der Waals surface area contributed by atoms with Crippen molar-refractivity contribution in [2.75, 3.05) is 0 Å². The van der Waals surface area contributed by atoms with Gasteiger partial charge in [-0.3, -0.25) is 4.79 Å². The highest BCUT2D eigenvalue weighted by atomic mass is 35.5. The van der Waals surface area contributed by atoms with Crippen LogP contribution in [-0.2, 0) is 23.9 Å². The largest absolute Gasteiger partial charge is 0.481 e. The predicted molar refractivity (Wildman–Crippen MR) is 54.9 cm³/mol. The van der Waals surface area contributed by atoms with Crippen molar-refractivity contribution in [3.8, 4) is 0 Å². The summed E-state index contributed by atoms with van der Waals surface area (Å²) in [6.45, 7) is 0. The van der Waals surface area contributed by atoms with Gasteiger partial charge >= 0.3 is 5.97 Å². The molecule has 0 aromatic carbocycles. The van der Waals surface area contributed by atoms with Crippen molar-refractivity contribution >= 4 is 17.6 Å². The van der Waals surface area contributed by atoms with Gasteiger partial charge in [0.2, 0.25) is 0 Å². The second-order valence-electron chi connectivity index (χ2n) is 4.03. The number of halogens is 1. The smallest absolute Gasteiger partial charge is 0.306 e. The van der Waals surface area contributed by atoms with E-state index < -0.39 is 11.6 Å². The lowest BCUT2D eigenvalue weighted by Crippen LogP contribution is -2.25. The van der Waals surface area contributed by atoms with E-state index in [1.54, 1.807) is 17.8 Å². The van der Waals surface area contributed by atoms with Crippen molar-refractivity contribution in [1.82, 2.24) is 4.57 Å². The van der Waals surface area contributed by atoms with Crippen LogP contribution in [0.4, 0.5) is 0 Å². The molecule has 2 rings (SSSR count). The van der Waals surface area contributed by atoms with Gasteiger partial charge in [-0.15, -0.1) is 0 Å². The van der Waals surface area contributed by atoms with Crippen molar-refractivity contribution in [3.05, 3.63) is 22.5 Å². The van der Waals surface area contributed by atoms with Crippen molar-refractivity contribution < 1.29 is 15.0 Å². The van der Waals surface area contributed by atoms with Crippen LogP contribution < -0.4 is 0 Å². The maximum atomic E-state index is 10.7. The molecular weight excluding hydrogens is 218 g/mol. The normalized spacial score (nSPS) is 24.2. The van der Waals surface area contributed by atoms with Crippen molar-refractivity contribution in [2.45, 2.75) is 24.9 Å². The zero-order valence-corrected chi connectivity index (χ0v) is 9.08. The highest BCUT2D eigenvalue weighted by Crippen LogP contribution is 2.43. The van der Waals surface area contributed by atoms with E-state index in [0.717, 1.165) is 5.56 Å². The molecule has 1 aromatic rings. The minimum Gasteiger partial charge on any atom is -0.481 e. The highest BCUT2D eigenvalue weighted by molar-refractivity contribution is 6.30. The fourth-order valence-corrected chi connectivity index (χ4v) is 2.44. The molecule has 1 aromatic heterocycles. The lowest BCUT2D eigenvalue weighted by molar-refractivity contribution is -0.142. The number of aryl methyl sites for hydroxylation is 1. The van der Waals surface area contributed by atoms with Crippen LogP contribution in [0.3, 0.4) is 0 Å². The first-order chi connectivity index (χ1) is 6.94. The molecule has 1 aliphatic carbocycles. The third kappa shape index (κ3) is 1.54. The van der Waals surface area contributed by atoms with E-state index in [1.165, 1.54) is 0 Å². The summed E-state index contributed by atoms with van der Waals surface area (Å²) < 4.78 is 1.71. The first kappa shape index (κ1) is 10.5. The fraction of sp³-hybridized carbons (Fsp3) is 0.500. The Morgan fingerprint density at radius 2 is 2.40 bits per heavy atom. The van der Waals surface area contributed by atoms with Crippen LogP contribution in [0.2, 0.25) is 5.15 Å². The SMILES string of the molecule is Cn1cc2c(c1Cl)CCC2(O)CC(=O)O. The van der Waals surface area contributed by atoms with E-state index in [0.29, 0.717) is 23.6 Å². The number of aliphatic carboxylic acids is 1. The average Bonchev–Trinajstić information content (AvgIpc) is 2.55. The number of carbonyl (C=O) groups is 1. The molecule has 0 aliphatic heterocycles. The summed E-state index contributed by atoms with van der Waals surface area (Å²) in [4.78, 5) is 10.7. The molecule has 0 saturated carbocycles. The Hall–Kier alpha value is -1.00. The standard InChI is InChI=1S/C10H12ClNO3/c1-12-5-7-6(9(12)11)2-3-10(7,15)4-8(13)14/h5,15H,2-4H2,1H3,(H,13,14). The fourth-order valence-electron chi connectivity index (χ4n) is 2.19. The molecule has 0 bridgehead atoms. The Kier molecular flexibility index (Phi) is 2.28. The first-order valence-electron chi connectivity index (χ1n) is 4.72. The van der Waals surface area contributed by atoms with Crippen LogP contribution in [-0.4, -0.2) is 20.7 Å². The van der Waals surface area contributed by atoms with Gasteiger partial charge in [-0.1, -0.05) is 11.6 Å². The van der Waals surface area contributed by atoms with E-state index in [9.17, 15) is 9.90 Å². The van der Waals surface area contributed by atoms with Gasteiger partial charge < -0.3 is 14.8 Å². The zero-order valence-electron chi connectivity index (χ0n) is 8.33. The second kappa shape index (κ2) is 3.25. The van der Waals surface area contributed by atoms with Gasteiger partial charge in [-0.2, -0.15) is 0 Å². The molecule has 5 heteroatoms. The molecule has 0 amide bonds. The molecule has 1 aliphatic rings. The van der Waals surface area contributed by atoms with Gasteiger partial charge in [0.15, 0.2) is 0 Å². The van der Waals surface area contributed by atoms with Gasteiger partial charge in [0, 0.05) is 18.8 Å². The lowest BCUT2D eigenvalue weighted by atomic mass is 9.94. The minimum atomic E-state index is -1.24. The van der Waals surface area contributed by atoms with Gasteiger partial charge in [0.25, 0.3) is 0 Å². The zero-order chi connectivity index (χ0) is 11.2. The molecular formula is C10H12ClNO3. The number of hydrogen-bond acceptors (Lipinski definition) is 2. The summed E-state index contributed by atoms with van der Waals surface area (Å²) in [5.74, 6) is -0.995. The van der Waals surface area contributed by atoms with Crippen LogP contribution in [0.5, 0.6) is 0 Å². The molecule has 2 N–H and O–H groups in total. The third-order valence-corrected chi connectivity index (χ3v) is 3.43. The number of aromatic nitrogens is 1. The Morgan fingerprint density at radius 1 is 1.73 bits per heavy atom. The number of fused-ring (bicyclic) bond motifs is 1. The van der Waals surface area contributed by atoms with E-state index in [1.807, 2.05) is 0 Å². The topological polar surface area (TPSA) is 62.5 Å². The van der Waals surface area contributed by atoms with Gasteiger partial charge in [0.1, 0.15) is 10.8 Å². The van der Waals surface area contributed by atoms with Crippen LogP contribution in [0, 0.1) is 0 Å². The first-order valence-corrected chi connectivity index (χ1v) is 5.10. The number of aliphatic hydroxyl groups is 1. The van der Waals surface area contributed by atoms with E-state index in [4.69, 9.17) is 16.7 Å². The molecule has 1 atom stereocenters. The molecule has 0 radical (unpaired) electrons. The monoisotopic (exact) mass is 229 g/mol. The van der Waals surface area contributed by atoms with Gasteiger partial charge in [-0.05, 0) is 18.4 Å². The second-order valence-corrected chi connectivity index (χ2v) is 4.38. The van der Waals surface area contributed by atoms with Crippen LogP contribution in [0.15, 0.2) is 6.20 Å². The summed E-state index contributed by atoms with van der Waals surface area (Å²) in [5.41, 5.74) is 0.298. The maximum Gasteiger partial charge on any atom is 0.306 e. The Bertz CT molecular complexity index is 427. The molecule has 0 spiro atoms. The predicted octanol–water partition coefficient (Wildman–Crippen LogP) is 1.29. The summed E-state index contributed by atoms with van der Waals surface area (Å²) in [6.07, 6.45) is 2.53. The van der Waals surface area contributed by atoms with Crippen molar-refractivity contribution in [3.63, 3.8) is 0 Å². The maximum absolute atomic E-state index is 10.7. The molecule has 1 heterocycles. The third-order valence-electron chi connectivity index (χ3n) is 2.94. The van der Waals surface area contributed by atoms with E-state index in [-0.39, 0.29) is 6.42 Å². The average molecular weight is 230 g/mol. The van der Waals surface area contributed by atoms with Crippen molar-refractivity contribution in [2.24, 2.45) is 7.05 Å². The molecule has 4 nitrogen and oxygen atoms in total. The summed E-state index contributed by atoms with van der Waals surface area (Å²) in [5, 5.41) is 19.5. The van der Waals surface area contributed by atoms with Crippen LogP contribution in [0.1, 0.15) is 24.0 Å². The lowest BCUT2D eigenvalue weighted by Gasteiger charge is -2.20. The number of carboxylic acid groups (broad SMARTS) is 1. The number of carboxylic acids is 1. The summed E-state index contributed by atoms with van der Waals surface area (Å²) in [6, 6.07) is 0. The quantitative estimate of drug-likeness (QED) is 0.803. The van der Waals surface area contributed by atoms with Crippen LogP contribution >= 0.6 is 11.6 Å². The van der Waals surface area contributed by atoms with Crippen LogP contribution in [0.25, 0.3) is 0 Å². The summed E-state index contributed by atoms with van der Waals surface area (Å²) >= 11 is 6.02. The molecule has 1 unspecified atom stereocenters. The number of nitrogens with zero attached hydrogens (tertiary/aromatic N) is 1. The Morgan fingerprint density at radius 3 is 3.00 bits per heavy atom. The van der Waals surface area contributed by atoms with E-state index in [2.05, 4.69) is 0 Å². The number of rotatable bonds is 2. The molecule has 0 fully saturated rings. The Balaban J connectivity index is 2.43.